The van der Waals surface area contributed by atoms with Crippen molar-refractivity contribution in [3.63, 3.8) is 0 Å². The molecule has 2 N–H and O–H groups in total. The highest BCUT2D eigenvalue weighted by Gasteiger charge is 2.22. The second kappa shape index (κ2) is 7.57. The first kappa shape index (κ1) is 17.3. The van der Waals surface area contributed by atoms with E-state index in [1.807, 2.05) is 6.07 Å². The average Bonchev–Trinajstić information content (AvgIpc) is 2.77. The van der Waals surface area contributed by atoms with Crippen LogP contribution in [0.5, 0.6) is 5.75 Å². The van der Waals surface area contributed by atoms with E-state index >= 15 is 0 Å². The number of halogens is 1. The average molecular weight is 360 g/mol. The number of aromatic carboxylic acids is 1. The van der Waals surface area contributed by atoms with Crippen LogP contribution in [0, 0.1) is 0 Å². The second-order valence-electron chi connectivity index (χ2n) is 5.98. The van der Waals surface area contributed by atoms with Crippen LogP contribution in [0.4, 0.5) is 0 Å². The molecule has 2 aromatic carbocycles. The van der Waals surface area contributed by atoms with Crippen molar-refractivity contribution in [2.45, 2.75) is 25.3 Å². The van der Waals surface area contributed by atoms with Gasteiger partial charge in [0.1, 0.15) is 5.75 Å². The number of amides is 1. The van der Waals surface area contributed by atoms with Crippen molar-refractivity contribution in [3.8, 4) is 5.75 Å². The fraction of sp³-hybridized carbons (Fsp3) is 0.263. The molecule has 0 fully saturated rings. The van der Waals surface area contributed by atoms with E-state index in [1.54, 1.807) is 24.3 Å². The van der Waals surface area contributed by atoms with Gasteiger partial charge in [0, 0.05) is 10.6 Å². The number of carboxylic acids is 1. The number of ether oxygens (including phenoxy) is 1. The Balaban J connectivity index is 1.73. The Morgan fingerprint density at radius 3 is 2.88 bits per heavy atom. The van der Waals surface area contributed by atoms with Crippen molar-refractivity contribution in [2.24, 2.45) is 0 Å². The van der Waals surface area contributed by atoms with E-state index in [-0.39, 0.29) is 23.9 Å². The summed E-state index contributed by atoms with van der Waals surface area (Å²) in [4.78, 5) is 23.5. The minimum absolute atomic E-state index is 0.126. The van der Waals surface area contributed by atoms with E-state index in [9.17, 15) is 9.59 Å². The van der Waals surface area contributed by atoms with E-state index in [2.05, 4.69) is 5.32 Å². The summed E-state index contributed by atoms with van der Waals surface area (Å²) in [5, 5.41) is 12.7. The maximum atomic E-state index is 12.4. The third-order valence-corrected chi connectivity index (χ3v) is 4.35. The molecule has 0 saturated heterocycles. The molecule has 0 aliphatic carbocycles. The molecule has 5 nitrogen and oxygen atoms in total. The molecule has 1 unspecified atom stereocenters. The summed E-state index contributed by atoms with van der Waals surface area (Å²) >= 11 is 6.02. The van der Waals surface area contributed by atoms with Gasteiger partial charge in [-0.2, -0.15) is 0 Å². The molecule has 6 heteroatoms. The summed E-state index contributed by atoms with van der Waals surface area (Å²) in [5.41, 5.74) is 1.75. The van der Waals surface area contributed by atoms with Crippen molar-refractivity contribution in [1.82, 2.24) is 5.32 Å². The summed E-state index contributed by atoms with van der Waals surface area (Å²) < 4.78 is 5.70. The highest BCUT2D eigenvalue weighted by Crippen LogP contribution is 2.33. The lowest BCUT2D eigenvalue weighted by atomic mass is 10.0. The van der Waals surface area contributed by atoms with Crippen molar-refractivity contribution >= 4 is 23.5 Å². The molecule has 1 aliphatic rings. The van der Waals surface area contributed by atoms with Crippen LogP contribution in [-0.4, -0.2) is 23.6 Å². The van der Waals surface area contributed by atoms with Crippen LogP contribution in [0.25, 0.3) is 0 Å². The summed E-state index contributed by atoms with van der Waals surface area (Å²) in [6.45, 7) is 0.584. The molecular formula is C19H18ClNO4. The lowest BCUT2D eigenvalue weighted by molar-refractivity contribution is -0.121. The number of rotatable bonds is 4. The lowest BCUT2D eigenvalue weighted by Gasteiger charge is -2.18. The Labute approximate surface area is 150 Å². The molecule has 2 aromatic rings. The highest BCUT2D eigenvalue weighted by atomic mass is 35.5. The van der Waals surface area contributed by atoms with Crippen molar-refractivity contribution in [3.05, 3.63) is 64.2 Å². The number of carboxylic acid groups (broad SMARTS) is 1. The van der Waals surface area contributed by atoms with Crippen LogP contribution < -0.4 is 10.1 Å². The molecule has 130 valence electrons. The molecule has 1 heterocycles. The molecule has 1 amide bonds. The van der Waals surface area contributed by atoms with Crippen LogP contribution in [0.15, 0.2) is 42.5 Å². The Hall–Kier alpha value is -2.53. The van der Waals surface area contributed by atoms with Gasteiger partial charge in [0.05, 0.1) is 24.6 Å². The fourth-order valence-electron chi connectivity index (χ4n) is 2.94. The molecule has 0 aromatic heterocycles. The van der Waals surface area contributed by atoms with Gasteiger partial charge in [-0.15, -0.1) is 0 Å². The van der Waals surface area contributed by atoms with Crippen LogP contribution in [0.2, 0.25) is 5.02 Å². The predicted octanol–water partition coefficient (Wildman–Crippen LogP) is 3.61. The summed E-state index contributed by atoms with van der Waals surface area (Å²) in [6.07, 6.45) is 1.72. The third kappa shape index (κ3) is 4.31. The van der Waals surface area contributed by atoms with Crippen molar-refractivity contribution < 1.29 is 19.4 Å². The molecule has 0 bridgehead atoms. The monoisotopic (exact) mass is 359 g/mol. The minimum atomic E-state index is -1.01. The second-order valence-corrected chi connectivity index (χ2v) is 6.41. The van der Waals surface area contributed by atoms with Crippen molar-refractivity contribution in [2.75, 3.05) is 6.61 Å². The zero-order valence-corrected chi connectivity index (χ0v) is 14.3. The van der Waals surface area contributed by atoms with Crippen LogP contribution in [0.3, 0.4) is 0 Å². The number of carbonyl (C=O) groups is 2. The molecule has 0 spiro atoms. The van der Waals surface area contributed by atoms with Crippen molar-refractivity contribution in [1.29, 1.82) is 0 Å². The Morgan fingerprint density at radius 1 is 1.24 bits per heavy atom. The van der Waals surface area contributed by atoms with E-state index < -0.39 is 5.97 Å². The van der Waals surface area contributed by atoms with E-state index in [1.165, 1.54) is 12.1 Å². The SMILES string of the molecule is O=C(Cc1cccc(C(=O)O)c1)NC1CCCOc2cc(Cl)ccc21. The molecule has 0 saturated carbocycles. The van der Waals surface area contributed by atoms with E-state index in [4.69, 9.17) is 21.4 Å². The predicted molar refractivity (Wildman–Crippen MR) is 94.2 cm³/mol. The van der Waals surface area contributed by atoms with Crippen LogP contribution >= 0.6 is 11.6 Å². The van der Waals surface area contributed by atoms with Crippen LogP contribution in [-0.2, 0) is 11.2 Å². The lowest BCUT2D eigenvalue weighted by Crippen LogP contribution is -2.29. The van der Waals surface area contributed by atoms with Gasteiger partial charge in [-0.05, 0) is 42.7 Å². The normalized spacial score (nSPS) is 16.3. The molecule has 1 atom stereocenters. The van der Waals surface area contributed by atoms with Gasteiger partial charge in [-0.25, -0.2) is 4.79 Å². The Morgan fingerprint density at radius 2 is 2.08 bits per heavy atom. The van der Waals surface area contributed by atoms with Gasteiger partial charge in [0.15, 0.2) is 0 Å². The topological polar surface area (TPSA) is 75.6 Å². The maximum absolute atomic E-state index is 12.4. The zero-order valence-electron chi connectivity index (χ0n) is 13.5. The summed E-state index contributed by atoms with van der Waals surface area (Å²) in [7, 11) is 0. The van der Waals surface area contributed by atoms with E-state index in [0.717, 1.165) is 18.4 Å². The molecule has 3 rings (SSSR count). The maximum Gasteiger partial charge on any atom is 0.335 e. The number of carbonyl (C=O) groups excluding carboxylic acids is 1. The van der Waals surface area contributed by atoms with Gasteiger partial charge in [-0.1, -0.05) is 29.8 Å². The number of hydrogen-bond acceptors (Lipinski definition) is 3. The highest BCUT2D eigenvalue weighted by molar-refractivity contribution is 6.30. The summed E-state index contributed by atoms with van der Waals surface area (Å²) in [5.74, 6) is -0.465. The van der Waals surface area contributed by atoms with Gasteiger partial charge in [-0.3, -0.25) is 4.79 Å². The first-order valence-electron chi connectivity index (χ1n) is 8.07. The Bertz CT molecular complexity index is 806. The molecule has 0 radical (unpaired) electrons. The zero-order chi connectivity index (χ0) is 17.8. The number of nitrogens with one attached hydrogen (secondary N) is 1. The fourth-order valence-corrected chi connectivity index (χ4v) is 3.10. The van der Waals surface area contributed by atoms with Gasteiger partial charge < -0.3 is 15.2 Å². The number of benzene rings is 2. The largest absolute Gasteiger partial charge is 0.493 e. The number of hydrogen-bond donors (Lipinski definition) is 2. The molecule has 25 heavy (non-hydrogen) atoms. The number of fused-ring (bicyclic) bond motifs is 1. The van der Waals surface area contributed by atoms with Crippen LogP contribution in [0.1, 0.15) is 40.4 Å². The first-order valence-corrected chi connectivity index (χ1v) is 8.44. The smallest absolute Gasteiger partial charge is 0.335 e. The van der Waals surface area contributed by atoms with Gasteiger partial charge in [0.2, 0.25) is 5.91 Å². The van der Waals surface area contributed by atoms with Gasteiger partial charge in [0.25, 0.3) is 0 Å². The van der Waals surface area contributed by atoms with E-state index in [0.29, 0.717) is 22.9 Å². The third-order valence-electron chi connectivity index (χ3n) is 4.12. The molecule has 1 aliphatic heterocycles. The standard InChI is InChI=1S/C19H18ClNO4/c20-14-6-7-15-16(5-2-8-25-17(15)11-14)21-18(22)10-12-3-1-4-13(9-12)19(23)24/h1,3-4,6-7,9,11,16H,2,5,8,10H2,(H,21,22)(H,23,24). The quantitative estimate of drug-likeness (QED) is 0.874. The Kier molecular flexibility index (Phi) is 5.24. The minimum Gasteiger partial charge on any atom is -0.493 e. The summed E-state index contributed by atoms with van der Waals surface area (Å²) in [6, 6.07) is 11.7. The first-order chi connectivity index (χ1) is 12.0. The van der Waals surface area contributed by atoms with Gasteiger partial charge >= 0.3 is 5.97 Å². The molecular weight excluding hydrogens is 342 g/mol.